The minimum Gasteiger partial charge on any atom is -0.410 e. The number of nitrogens with one attached hydrogen (secondary N) is 1. The predicted octanol–water partition coefficient (Wildman–Crippen LogP) is 1.06. The van der Waals surface area contributed by atoms with Crippen molar-refractivity contribution in [1.29, 1.82) is 0 Å². The summed E-state index contributed by atoms with van der Waals surface area (Å²) < 4.78 is 5.64. The van der Waals surface area contributed by atoms with Crippen LogP contribution in [0.3, 0.4) is 0 Å². The maximum absolute atomic E-state index is 5.12. The highest BCUT2D eigenvalue weighted by Crippen LogP contribution is 2.14. The van der Waals surface area contributed by atoms with Gasteiger partial charge in [-0.3, -0.25) is 5.10 Å². The van der Waals surface area contributed by atoms with Crippen molar-refractivity contribution in [3.05, 3.63) is 16.2 Å². The molecule has 0 aliphatic heterocycles. The van der Waals surface area contributed by atoms with Gasteiger partial charge in [0.1, 0.15) is 5.69 Å². The number of rotatable bonds is 1. The Labute approximate surface area is 75.3 Å². The average molecular weight is 262 g/mol. The van der Waals surface area contributed by atoms with Crippen molar-refractivity contribution in [2.24, 2.45) is 0 Å². The molecule has 0 saturated heterocycles. The van der Waals surface area contributed by atoms with E-state index in [4.69, 9.17) is 4.42 Å². The third kappa shape index (κ3) is 1.25. The summed E-state index contributed by atoms with van der Waals surface area (Å²) in [6.45, 7) is 0. The lowest BCUT2D eigenvalue weighted by molar-refractivity contribution is 0.535. The van der Waals surface area contributed by atoms with Crippen molar-refractivity contribution in [1.82, 2.24) is 20.4 Å². The Morgan fingerprint density at radius 2 is 2.36 bits per heavy atom. The molecule has 6 heteroatoms. The van der Waals surface area contributed by atoms with Crippen LogP contribution in [0.1, 0.15) is 0 Å². The van der Waals surface area contributed by atoms with Crippen LogP contribution in [0.2, 0.25) is 0 Å². The zero-order valence-corrected chi connectivity index (χ0v) is 7.44. The van der Waals surface area contributed by atoms with E-state index in [0.717, 1.165) is 5.69 Å². The predicted molar refractivity (Wildman–Crippen MR) is 44.6 cm³/mol. The third-order valence-electron chi connectivity index (χ3n) is 1.13. The Morgan fingerprint density at radius 3 is 2.91 bits per heavy atom. The molecule has 0 amide bonds. The molecule has 11 heavy (non-hydrogen) atoms. The second-order valence-corrected chi connectivity index (χ2v) is 2.75. The molecule has 0 atom stereocenters. The van der Waals surface area contributed by atoms with Crippen molar-refractivity contribution < 1.29 is 4.42 Å². The number of aromatic amines is 1. The molecule has 2 aromatic rings. The van der Waals surface area contributed by atoms with Crippen molar-refractivity contribution in [3.63, 3.8) is 0 Å². The molecule has 56 valence electrons. The monoisotopic (exact) mass is 262 g/mol. The summed E-state index contributed by atoms with van der Waals surface area (Å²) in [7, 11) is 0. The van der Waals surface area contributed by atoms with Gasteiger partial charge in [0.25, 0.3) is 9.79 Å². The summed E-state index contributed by atoms with van der Waals surface area (Å²) in [5, 5.41) is 13.9. The van der Waals surface area contributed by atoms with Crippen LogP contribution in [0.5, 0.6) is 0 Å². The Balaban J connectivity index is 2.45. The molecule has 0 radical (unpaired) electrons. The van der Waals surface area contributed by atoms with Gasteiger partial charge in [-0.15, -0.1) is 10.2 Å². The van der Waals surface area contributed by atoms with Gasteiger partial charge in [0.15, 0.2) is 0 Å². The first-order valence-corrected chi connectivity index (χ1v) is 3.93. The van der Waals surface area contributed by atoms with Crippen molar-refractivity contribution in [3.8, 4) is 11.6 Å². The fourth-order valence-electron chi connectivity index (χ4n) is 0.689. The number of hydrogen-bond acceptors (Lipinski definition) is 4. The molecule has 0 aliphatic rings. The van der Waals surface area contributed by atoms with E-state index in [9.17, 15) is 0 Å². The molecule has 0 saturated carbocycles. The number of aromatic nitrogens is 4. The second kappa shape index (κ2) is 2.61. The van der Waals surface area contributed by atoms with E-state index in [0.29, 0.717) is 9.79 Å². The Hall–Kier alpha value is -0.920. The zero-order valence-electron chi connectivity index (χ0n) is 5.28. The SMILES string of the molecule is Ic1nnc(-c2ccn[nH]2)o1. The van der Waals surface area contributed by atoms with Crippen molar-refractivity contribution >= 4 is 22.6 Å². The summed E-state index contributed by atoms with van der Waals surface area (Å²) in [6.07, 6.45) is 1.63. The normalized spacial score (nSPS) is 10.3. The first-order chi connectivity index (χ1) is 5.36. The Morgan fingerprint density at radius 1 is 1.45 bits per heavy atom. The highest BCUT2D eigenvalue weighted by molar-refractivity contribution is 14.1. The zero-order chi connectivity index (χ0) is 7.68. The van der Waals surface area contributed by atoms with Gasteiger partial charge in [-0.05, 0) is 6.07 Å². The lowest BCUT2D eigenvalue weighted by Crippen LogP contribution is -1.76. The number of nitrogens with zero attached hydrogens (tertiary/aromatic N) is 3. The van der Waals surface area contributed by atoms with Crippen LogP contribution in [0.4, 0.5) is 0 Å². The minimum absolute atomic E-state index is 0.465. The lowest BCUT2D eigenvalue weighted by Gasteiger charge is -1.82. The highest BCUT2D eigenvalue weighted by Gasteiger charge is 2.05. The average Bonchev–Trinajstić information content (AvgIpc) is 2.55. The van der Waals surface area contributed by atoms with E-state index in [2.05, 4.69) is 20.4 Å². The molecule has 2 aromatic heterocycles. The molecule has 0 spiro atoms. The van der Waals surface area contributed by atoms with Gasteiger partial charge < -0.3 is 4.42 Å². The van der Waals surface area contributed by atoms with E-state index in [1.165, 1.54) is 0 Å². The van der Waals surface area contributed by atoms with E-state index in [1.807, 2.05) is 22.6 Å². The molecule has 0 aliphatic carbocycles. The van der Waals surface area contributed by atoms with Gasteiger partial charge in [-0.25, -0.2) is 0 Å². The van der Waals surface area contributed by atoms with Gasteiger partial charge in [0.2, 0.25) is 0 Å². The van der Waals surface area contributed by atoms with Gasteiger partial charge >= 0.3 is 0 Å². The summed E-state index contributed by atoms with van der Waals surface area (Å²) in [5.41, 5.74) is 0.736. The standard InChI is InChI=1S/C5H3IN4O/c6-5-10-9-4(11-5)3-1-2-7-8-3/h1-2H,(H,7,8). The maximum Gasteiger partial charge on any atom is 0.278 e. The smallest absolute Gasteiger partial charge is 0.278 e. The lowest BCUT2D eigenvalue weighted by atomic mass is 10.4. The van der Waals surface area contributed by atoms with Crippen LogP contribution in [0.15, 0.2) is 16.7 Å². The number of hydrogen-bond donors (Lipinski definition) is 1. The van der Waals surface area contributed by atoms with Crippen molar-refractivity contribution in [2.75, 3.05) is 0 Å². The number of halogens is 1. The molecule has 0 unspecified atom stereocenters. The molecule has 0 fully saturated rings. The van der Waals surface area contributed by atoms with Crippen LogP contribution in [-0.2, 0) is 0 Å². The minimum atomic E-state index is 0.465. The number of H-pyrrole nitrogens is 1. The molecule has 1 N–H and O–H groups in total. The fraction of sp³-hybridized carbons (Fsp3) is 0. The summed E-state index contributed by atoms with van der Waals surface area (Å²) >= 11 is 1.95. The maximum atomic E-state index is 5.12. The van der Waals surface area contributed by atoms with Gasteiger partial charge in [-0.2, -0.15) is 5.10 Å². The van der Waals surface area contributed by atoms with E-state index < -0.39 is 0 Å². The van der Waals surface area contributed by atoms with Crippen LogP contribution >= 0.6 is 22.6 Å². The van der Waals surface area contributed by atoms with Crippen LogP contribution in [-0.4, -0.2) is 20.4 Å². The molecule has 0 bridgehead atoms. The Kier molecular flexibility index (Phi) is 1.60. The van der Waals surface area contributed by atoms with Crippen LogP contribution in [0.25, 0.3) is 11.6 Å². The van der Waals surface area contributed by atoms with Gasteiger partial charge in [0, 0.05) is 28.8 Å². The molecule has 2 rings (SSSR count). The second-order valence-electron chi connectivity index (χ2n) is 1.83. The Bertz CT molecular complexity index is 341. The first-order valence-electron chi connectivity index (χ1n) is 2.85. The van der Waals surface area contributed by atoms with Crippen LogP contribution < -0.4 is 0 Å². The molecular weight excluding hydrogens is 259 g/mol. The first kappa shape index (κ1) is 6.77. The summed E-state index contributed by atoms with van der Waals surface area (Å²) in [4.78, 5) is 0. The van der Waals surface area contributed by atoms with Crippen LogP contribution in [0, 0.1) is 3.90 Å². The third-order valence-corrected chi connectivity index (χ3v) is 1.57. The largest absolute Gasteiger partial charge is 0.410 e. The summed E-state index contributed by atoms with van der Waals surface area (Å²) in [5.74, 6) is 0.465. The molecule has 2 heterocycles. The molecular formula is C5H3IN4O. The highest BCUT2D eigenvalue weighted by atomic mass is 127. The van der Waals surface area contributed by atoms with Crippen molar-refractivity contribution in [2.45, 2.75) is 0 Å². The van der Waals surface area contributed by atoms with E-state index in [1.54, 1.807) is 12.3 Å². The topological polar surface area (TPSA) is 67.6 Å². The fourth-order valence-corrected chi connectivity index (χ4v) is 1.01. The molecule has 5 nitrogen and oxygen atoms in total. The van der Waals surface area contributed by atoms with Gasteiger partial charge in [0.05, 0.1) is 0 Å². The van der Waals surface area contributed by atoms with Gasteiger partial charge in [-0.1, -0.05) is 0 Å². The van der Waals surface area contributed by atoms with E-state index >= 15 is 0 Å². The molecule has 0 aromatic carbocycles. The van der Waals surface area contributed by atoms with E-state index in [-0.39, 0.29) is 0 Å². The quantitative estimate of drug-likeness (QED) is 0.780. The summed E-state index contributed by atoms with van der Waals surface area (Å²) in [6, 6.07) is 1.77.